The molecule has 0 bridgehead atoms. The minimum atomic E-state index is -0.550. The monoisotopic (exact) mass is 647 g/mol. The van der Waals surface area contributed by atoms with Gasteiger partial charge in [0.15, 0.2) is 0 Å². The van der Waals surface area contributed by atoms with Gasteiger partial charge in [-0.25, -0.2) is 0 Å². The smallest absolute Gasteiger partial charge is 0.272 e. The van der Waals surface area contributed by atoms with Crippen molar-refractivity contribution in [2.45, 2.75) is 10.1 Å². The fourth-order valence-corrected chi connectivity index (χ4v) is 5.67. The number of hydrogen-bond acceptors (Lipinski definition) is 5. The maximum absolute atomic E-state index is 13.5. The molecule has 5 aromatic carbocycles. The van der Waals surface area contributed by atoms with Crippen LogP contribution >= 0.6 is 23.4 Å². The average molecular weight is 648 g/mol. The number of halogens is 1. The number of benzene rings is 5. The van der Waals surface area contributed by atoms with Gasteiger partial charge in [0.1, 0.15) is 16.7 Å². The van der Waals surface area contributed by atoms with Gasteiger partial charge in [-0.3, -0.25) is 14.4 Å². The SMILES string of the molecule is COc1cccc(NC(=O)C(Sc2ccc(NC(=O)/C(=C/c3ccccc3Cl)NC(=O)c3ccccc3)cc2)c2ccccc2)c1. The molecule has 0 aliphatic heterocycles. The lowest BCUT2D eigenvalue weighted by molar-refractivity contribution is -0.116. The molecule has 3 N–H and O–H groups in total. The number of anilines is 2. The molecule has 0 fully saturated rings. The molecule has 0 aliphatic rings. The van der Waals surface area contributed by atoms with E-state index in [1.165, 1.54) is 17.8 Å². The Morgan fingerprint density at radius 2 is 1.41 bits per heavy atom. The highest BCUT2D eigenvalue weighted by atomic mass is 35.5. The van der Waals surface area contributed by atoms with E-state index in [0.717, 1.165) is 10.5 Å². The van der Waals surface area contributed by atoms with Crippen LogP contribution in [0.5, 0.6) is 5.75 Å². The van der Waals surface area contributed by atoms with Crippen LogP contribution in [-0.2, 0) is 9.59 Å². The van der Waals surface area contributed by atoms with Crippen molar-refractivity contribution in [3.63, 3.8) is 0 Å². The first kappa shape index (κ1) is 32.1. The summed E-state index contributed by atoms with van der Waals surface area (Å²) in [6.07, 6.45) is 1.54. The van der Waals surface area contributed by atoms with Gasteiger partial charge in [-0.2, -0.15) is 0 Å². The number of amides is 3. The van der Waals surface area contributed by atoms with Crippen LogP contribution in [0.15, 0.2) is 144 Å². The van der Waals surface area contributed by atoms with Crippen molar-refractivity contribution >= 4 is 58.5 Å². The Kier molecular flexibility index (Phi) is 10.9. The summed E-state index contributed by atoms with van der Waals surface area (Å²) in [5, 5.41) is 8.45. The zero-order chi connectivity index (χ0) is 32.3. The predicted molar refractivity (Wildman–Crippen MR) is 185 cm³/mol. The number of hydrogen-bond donors (Lipinski definition) is 3. The van der Waals surface area contributed by atoms with Crippen LogP contribution in [0.3, 0.4) is 0 Å². The van der Waals surface area contributed by atoms with Crippen LogP contribution in [0.1, 0.15) is 26.7 Å². The first-order valence-electron chi connectivity index (χ1n) is 14.3. The Balaban J connectivity index is 1.33. The minimum absolute atomic E-state index is 0.0266. The molecule has 1 atom stereocenters. The van der Waals surface area contributed by atoms with E-state index in [2.05, 4.69) is 16.0 Å². The highest BCUT2D eigenvalue weighted by Gasteiger charge is 2.23. The number of carbonyl (C=O) groups excluding carboxylic acids is 3. The summed E-state index contributed by atoms with van der Waals surface area (Å²) in [6, 6.07) is 39.5. The third kappa shape index (κ3) is 8.65. The molecule has 5 rings (SSSR count). The fourth-order valence-electron chi connectivity index (χ4n) is 4.45. The van der Waals surface area contributed by atoms with E-state index in [4.69, 9.17) is 16.3 Å². The summed E-state index contributed by atoms with van der Waals surface area (Å²) in [4.78, 5) is 40.7. The van der Waals surface area contributed by atoms with Gasteiger partial charge in [0.25, 0.3) is 11.8 Å². The molecule has 0 saturated carbocycles. The minimum Gasteiger partial charge on any atom is -0.497 e. The van der Waals surface area contributed by atoms with Crippen molar-refractivity contribution in [3.05, 3.63) is 161 Å². The zero-order valence-electron chi connectivity index (χ0n) is 24.8. The lowest BCUT2D eigenvalue weighted by Gasteiger charge is -2.18. The molecule has 0 aromatic heterocycles. The van der Waals surface area contributed by atoms with E-state index in [9.17, 15) is 14.4 Å². The quantitative estimate of drug-likeness (QED) is 0.0991. The van der Waals surface area contributed by atoms with Crippen molar-refractivity contribution in [2.24, 2.45) is 0 Å². The highest BCUT2D eigenvalue weighted by Crippen LogP contribution is 2.37. The third-order valence-electron chi connectivity index (χ3n) is 6.78. The molecule has 0 aliphatic carbocycles. The van der Waals surface area contributed by atoms with Gasteiger partial charge in [0.05, 0.1) is 7.11 Å². The Bertz CT molecular complexity index is 1850. The maximum Gasteiger partial charge on any atom is 0.272 e. The lowest BCUT2D eigenvalue weighted by atomic mass is 10.1. The summed E-state index contributed by atoms with van der Waals surface area (Å²) in [5.74, 6) is -0.501. The van der Waals surface area contributed by atoms with Gasteiger partial charge in [-0.15, -0.1) is 11.8 Å². The molecule has 5 aromatic rings. The average Bonchev–Trinajstić information content (AvgIpc) is 3.09. The number of thioether (sulfide) groups is 1. The van der Waals surface area contributed by atoms with Crippen LogP contribution in [0, 0.1) is 0 Å². The van der Waals surface area contributed by atoms with E-state index in [1.807, 2.05) is 54.6 Å². The number of carbonyl (C=O) groups is 3. The zero-order valence-corrected chi connectivity index (χ0v) is 26.3. The molecule has 9 heteroatoms. The standard InChI is InChI=1S/C37H30ClN3O4S/c1-45-30-17-10-16-29(24-30)40-37(44)34(25-11-4-2-5-12-25)46-31-21-19-28(20-22-31)39-36(43)33(23-27-15-8-9-18-32(27)38)41-35(42)26-13-6-3-7-14-26/h2-24,34H,1H3,(H,39,43)(H,40,44)(H,41,42)/b33-23-. The topological polar surface area (TPSA) is 96.5 Å². The Labute approximate surface area is 276 Å². The van der Waals surface area contributed by atoms with Crippen LogP contribution in [-0.4, -0.2) is 24.8 Å². The first-order chi connectivity index (χ1) is 22.4. The molecule has 0 heterocycles. The van der Waals surface area contributed by atoms with E-state index < -0.39 is 17.1 Å². The second-order valence-electron chi connectivity index (χ2n) is 10.0. The maximum atomic E-state index is 13.5. The van der Waals surface area contributed by atoms with Gasteiger partial charge < -0.3 is 20.7 Å². The molecule has 46 heavy (non-hydrogen) atoms. The lowest BCUT2D eigenvalue weighted by Crippen LogP contribution is -2.30. The van der Waals surface area contributed by atoms with E-state index in [0.29, 0.717) is 33.3 Å². The van der Waals surface area contributed by atoms with Crippen molar-refractivity contribution in [3.8, 4) is 5.75 Å². The van der Waals surface area contributed by atoms with Crippen LogP contribution in [0.4, 0.5) is 11.4 Å². The predicted octanol–water partition coefficient (Wildman–Crippen LogP) is 8.23. The summed E-state index contributed by atoms with van der Waals surface area (Å²) in [5.41, 5.74) is 2.99. The van der Waals surface area contributed by atoms with Gasteiger partial charge in [0, 0.05) is 32.9 Å². The summed E-state index contributed by atoms with van der Waals surface area (Å²) in [7, 11) is 1.58. The largest absolute Gasteiger partial charge is 0.497 e. The summed E-state index contributed by atoms with van der Waals surface area (Å²) < 4.78 is 5.29. The fraction of sp³-hybridized carbons (Fsp3) is 0.0541. The summed E-state index contributed by atoms with van der Waals surface area (Å²) >= 11 is 7.73. The summed E-state index contributed by atoms with van der Waals surface area (Å²) in [6.45, 7) is 0. The van der Waals surface area contributed by atoms with Crippen LogP contribution in [0.2, 0.25) is 5.02 Å². The Morgan fingerprint density at radius 1 is 0.739 bits per heavy atom. The van der Waals surface area contributed by atoms with Gasteiger partial charge in [-0.05, 0) is 71.8 Å². The molecule has 0 spiro atoms. The number of rotatable bonds is 11. The molecule has 7 nitrogen and oxygen atoms in total. The molecule has 0 saturated heterocycles. The van der Waals surface area contributed by atoms with Gasteiger partial charge >= 0.3 is 0 Å². The van der Waals surface area contributed by atoms with Crippen molar-refractivity contribution in [1.29, 1.82) is 0 Å². The molecular formula is C37H30ClN3O4S. The van der Waals surface area contributed by atoms with Crippen LogP contribution < -0.4 is 20.7 Å². The van der Waals surface area contributed by atoms with Gasteiger partial charge in [-0.1, -0.05) is 84.4 Å². The number of methoxy groups -OCH3 is 1. The second-order valence-corrected chi connectivity index (χ2v) is 11.6. The van der Waals surface area contributed by atoms with E-state index in [1.54, 1.807) is 86.0 Å². The van der Waals surface area contributed by atoms with Crippen molar-refractivity contribution in [2.75, 3.05) is 17.7 Å². The van der Waals surface area contributed by atoms with Crippen LogP contribution in [0.25, 0.3) is 6.08 Å². The van der Waals surface area contributed by atoms with Crippen molar-refractivity contribution in [1.82, 2.24) is 5.32 Å². The van der Waals surface area contributed by atoms with Crippen molar-refractivity contribution < 1.29 is 19.1 Å². The van der Waals surface area contributed by atoms with E-state index in [-0.39, 0.29) is 11.6 Å². The molecule has 0 radical (unpaired) electrons. The Hall–Kier alpha value is -5.31. The second kappa shape index (κ2) is 15.6. The first-order valence-corrected chi connectivity index (χ1v) is 15.6. The number of ether oxygens (including phenoxy) is 1. The third-order valence-corrected chi connectivity index (χ3v) is 8.39. The molecule has 3 amide bonds. The highest BCUT2D eigenvalue weighted by molar-refractivity contribution is 8.00. The van der Waals surface area contributed by atoms with Gasteiger partial charge in [0.2, 0.25) is 5.91 Å². The molecule has 230 valence electrons. The normalized spacial score (nSPS) is 11.7. The Morgan fingerprint density at radius 3 is 2.11 bits per heavy atom. The molecular weight excluding hydrogens is 618 g/mol. The van der Waals surface area contributed by atoms with E-state index >= 15 is 0 Å². The number of nitrogens with one attached hydrogen (secondary N) is 3. The molecule has 1 unspecified atom stereocenters.